The van der Waals surface area contributed by atoms with E-state index in [1.807, 2.05) is 32.0 Å². The number of hydrogen-bond donors (Lipinski definition) is 0. The van der Waals surface area contributed by atoms with Crippen LogP contribution in [0, 0.1) is 13.8 Å². The summed E-state index contributed by atoms with van der Waals surface area (Å²) in [7, 11) is 0. The molecule has 0 radical (unpaired) electrons. The van der Waals surface area contributed by atoms with Gasteiger partial charge in [0, 0.05) is 19.2 Å². The van der Waals surface area contributed by atoms with Crippen molar-refractivity contribution in [3.63, 3.8) is 0 Å². The molecule has 5 nitrogen and oxygen atoms in total. The third-order valence-corrected chi connectivity index (χ3v) is 3.53. The summed E-state index contributed by atoms with van der Waals surface area (Å²) in [5.41, 5.74) is 2.35. The molecule has 0 aliphatic heterocycles. The van der Waals surface area contributed by atoms with Crippen LogP contribution in [-0.4, -0.2) is 29.1 Å². The van der Waals surface area contributed by atoms with Gasteiger partial charge in [-0.3, -0.25) is 4.79 Å². The Bertz CT molecular complexity index is 704. The molecular formula is C19H22N2O3. The first-order valence-electron chi connectivity index (χ1n) is 7.72. The molecule has 0 saturated carbocycles. The van der Waals surface area contributed by atoms with Gasteiger partial charge in [-0.15, -0.1) is 13.2 Å². The van der Waals surface area contributed by atoms with Crippen LogP contribution in [0.4, 0.5) is 0 Å². The van der Waals surface area contributed by atoms with E-state index in [4.69, 9.17) is 9.26 Å². The molecule has 1 heterocycles. The highest BCUT2D eigenvalue weighted by Gasteiger charge is 2.18. The average molecular weight is 326 g/mol. The predicted octanol–water partition coefficient (Wildman–Crippen LogP) is 3.68. The van der Waals surface area contributed by atoms with Crippen LogP contribution in [-0.2, 0) is 6.61 Å². The van der Waals surface area contributed by atoms with Gasteiger partial charge in [0.25, 0.3) is 5.91 Å². The number of hydrogen-bond acceptors (Lipinski definition) is 4. The topological polar surface area (TPSA) is 55.6 Å². The molecule has 126 valence electrons. The maximum absolute atomic E-state index is 12.4. The number of ether oxygens (including phenoxy) is 1. The Balaban J connectivity index is 2.06. The molecule has 24 heavy (non-hydrogen) atoms. The second-order valence-electron chi connectivity index (χ2n) is 5.48. The van der Waals surface area contributed by atoms with Crippen molar-refractivity contribution in [3.8, 4) is 5.75 Å². The molecule has 1 aromatic carbocycles. The lowest BCUT2D eigenvalue weighted by atomic mass is 10.1. The van der Waals surface area contributed by atoms with Crippen LogP contribution in [0.5, 0.6) is 5.75 Å². The summed E-state index contributed by atoms with van der Waals surface area (Å²) in [6.07, 6.45) is 3.32. The fraction of sp³-hybridized carbons (Fsp3) is 0.263. The summed E-state index contributed by atoms with van der Waals surface area (Å²) in [6.45, 7) is 12.3. The molecule has 0 saturated heterocycles. The molecule has 0 N–H and O–H groups in total. The van der Waals surface area contributed by atoms with E-state index in [0.717, 1.165) is 16.9 Å². The number of benzene rings is 1. The summed E-state index contributed by atoms with van der Waals surface area (Å²) in [4.78, 5) is 14.0. The van der Waals surface area contributed by atoms with Crippen molar-refractivity contribution < 1.29 is 14.1 Å². The van der Waals surface area contributed by atoms with Gasteiger partial charge >= 0.3 is 0 Å². The van der Waals surface area contributed by atoms with Gasteiger partial charge < -0.3 is 14.2 Å². The van der Waals surface area contributed by atoms with E-state index in [1.165, 1.54) is 0 Å². The number of aryl methyl sites for hydroxylation is 2. The zero-order chi connectivity index (χ0) is 17.5. The number of amides is 1. The molecule has 2 rings (SSSR count). The molecule has 0 bridgehead atoms. The van der Waals surface area contributed by atoms with Crippen molar-refractivity contribution in [1.29, 1.82) is 0 Å². The van der Waals surface area contributed by atoms with Crippen molar-refractivity contribution in [2.24, 2.45) is 0 Å². The Hall–Kier alpha value is -2.82. The Morgan fingerprint density at radius 3 is 2.46 bits per heavy atom. The van der Waals surface area contributed by atoms with Crippen LogP contribution in [0.2, 0.25) is 0 Å². The summed E-state index contributed by atoms with van der Waals surface area (Å²) in [5, 5.41) is 3.84. The number of aromatic nitrogens is 1. The number of carbonyl (C=O) groups excluding carboxylic acids is 1. The van der Waals surface area contributed by atoms with Crippen molar-refractivity contribution in [3.05, 3.63) is 72.2 Å². The van der Waals surface area contributed by atoms with Crippen LogP contribution in [0.15, 0.2) is 54.1 Å². The SMILES string of the molecule is C=CCN(CC=C)C(=O)c1cc(COc2c(C)cccc2C)on1. The molecule has 2 aromatic rings. The summed E-state index contributed by atoms with van der Waals surface area (Å²) in [5.74, 6) is 1.09. The van der Waals surface area contributed by atoms with Gasteiger partial charge in [0.05, 0.1) is 0 Å². The van der Waals surface area contributed by atoms with Crippen LogP contribution >= 0.6 is 0 Å². The van der Waals surface area contributed by atoms with Crippen LogP contribution in [0.1, 0.15) is 27.4 Å². The van der Waals surface area contributed by atoms with Gasteiger partial charge in [0.1, 0.15) is 12.4 Å². The second-order valence-corrected chi connectivity index (χ2v) is 5.48. The summed E-state index contributed by atoms with van der Waals surface area (Å²) >= 11 is 0. The van der Waals surface area contributed by atoms with Gasteiger partial charge in [-0.05, 0) is 25.0 Å². The van der Waals surface area contributed by atoms with E-state index >= 15 is 0 Å². The Morgan fingerprint density at radius 2 is 1.88 bits per heavy atom. The second kappa shape index (κ2) is 8.15. The van der Waals surface area contributed by atoms with E-state index < -0.39 is 0 Å². The molecular weight excluding hydrogens is 304 g/mol. The van der Waals surface area contributed by atoms with Crippen LogP contribution in [0.25, 0.3) is 0 Å². The zero-order valence-corrected chi connectivity index (χ0v) is 14.1. The highest BCUT2D eigenvalue weighted by Crippen LogP contribution is 2.23. The van der Waals surface area contributed by atoms with Crippen molar-refractivity contribution >= 4 is 5.91 Å². The van der Waals surface area contributed by atoms with Gasteiger partial charge in [0.2, 0.25) is 0 Å². The molecule has 0 atom stereocenters. The molecule has 1 aromatic heterocycles. The lowest BCUT2D eigenvalue weighted by Crippen LogP contribution is -2.31. The fourth-order valence-electron chi connectivity index (χ4n) is 2.37. The van der Waals surface area contributed by atoms with E-state index in [9.17, 15) is 4.79 Å². The molecule has 0 fully saturated rings. The molecule has 5 heteroatoms. The monoisotopic (exact) mass is 326 g/mol. The third kappa shape index (κ3) is 4.13. The smallest absolute Gasteiger partial charge is 0.276 e. The van der Waals surface area contributed by atoms with E-state index in [2.05, 4.69) is 18.3 Å². The molecule has 0 aliphatic rings. The number of rotatable bonds is 8. The largest absolute Gasteiger partial charge is 0.485 e. The first-order chi connectivity index (χ1) is 11.6. The van der Waals surface area contributed by atoms with E-state index in [-0.39, 0.29) is 18.2 Å². The highest BCUT2D eigenvalue weighted by molar-refractivity contribution is 5.92. The van der Waals surface area contributed by atoms with E-state index in [1.54, 1.807) is 23.1 Å². The van der Waals surface area contributed by atoms with Gasteiger partial charge in [-0.1, -0.05) is 35.5 Å². The normalized spacial score (nSPS) is 10.2. The zero-order valence-electron chi connectivity index (χ0n) is 14.1. The average Bonchev–Trinajstić information content (AvgIpc) is 3.02. The Kier molecular flexibility index (Phi) is 5.95. The molecule has 0 unspecified atom stereocenters. The minimum Gasteiger partial charge on any atom is -0.485 e. The van der Waals surface area contributed by atoms with Crippen molar-refractivity contribution in [2.75, 3.05) is 13.1 Å². The third-order valence-electron chi connectivity index (χ3n) is 3.53. The molecule has 1 amide bonds. The van der Waals surface area contributed by atoms with Gasteiger partial charge in [-0.25, -0.2) is 0 Å². The first-order valence-corrected chi connectivity index (χ1v) is 7.72. The lowest BCUT2D eigenvalue weighted by Gasteiger charge is -2.17. The van der Waals surface area contributed by atoms with Crippen LogP contribution < -0.4 is 4.74 Å². The fourth-order valence-corrected chi connectivity index (χ4v) is 2.37. The number of para-hydroxylation sites is 1. The minimum absolute atomic E-state index is 0.217. The van der Waals surface area contributed by atoms with Gasteiger partial charge in [-0.2, -0.15) is 0 Å². The highest BCUT2D eigenvalue weighted by atomic mass is 16.5. The van der Waals surface area contributed by atoms with Crippen molar-refractivity contribution in [1.82, 2.24) is 10.1 Å². The number of carbonyl (C=O) groups is 1. The standard InChI is InChI=1S/C19H22N2O3/c1-5-10-21(11-6-2)19(22)17-12-16(24-20-17)13-23-18-14(3)8-7-9-15(18)4/h5-9,12H,1-2,10-11,13H2,3-4H3. The maximum Gasteiger partial charge on any atom is 0.276 e. The summed E-state index contributed by atoms with van der Waals surface area (Å²) in [6, 6.07) is 7.56. The number of nitrogens with zero attached hydrogens (tertiary/aromatic N) is 2. The van der Waals surface area contributed by atoms with Gasteiger partial charge in [0.15, 0.2) is 11.5 Å². The summed E-state index contributed by atoms with van der Waals surface area (Å²) < 4.78 is 11.0. The van der Waals surface area contributed by atoms with Crippen LogP contribution in [0.3, 0.4) is 0 Å². The predicted molar refractivity (Wildman–Crippen MR) is 93.0 cm³/mol. The molecule has 0 spiro atoms. The molecule has 0 aliphatic carbocycles. The first kappa shape index (κ1) is 17.5. The minimum atomic E-state index is -0.225. The van der Waals surface area contributed by atoms with E-state index in [0.29, 0.717) is 18.8 Å². The quantitative estimate of drug-likeness (QED) is 0.694. The maximum atomic E-state index is 12.4. The Morgan fingerprint density at radius 1 is 1.25 bits per heavy atom. The lowest BCUT2D eigenvalue weighted by molar-refractivity contribution is 0.0780. The Labute approximate surface area is 142 Å². The van der Waals surface area contributed by atoms with Crippen molar-refractivity contribution in [2.45, 2.75) is 20.5 Å².